The molecular weight excluding hydrogens is 242 g/mol. The third-order valence-electron chi connectivity index (χ3n) is 3.36. The molecule has 0 spiro atoms. The Morgan fingerprint density at radius 3 is 2.32 bits per heavy atom. The Bertz CT molecular complexity index is 453. The lowest BCUT2D eigenvalue weighted by Crippen LogP contribution is -2.51. The van der Waals surface area contributed by atoms with Crippen molar-refractivity contribution in [2.45, 2.75) is 45.6 Å². The molecule has 19 heavy (non-hydrogen) atoms. The van der Waals surface area contributed by atoms with Gasteiger partial charge in [0.1, 0.15) is 5.54 Å². The van der Waals surface area contributed by atoms with Gasteiger partial charge < -0.3 is 10.4 Å². The number of benzene rings is 1. The molecule has 104 valence electrons. The predicted molar refractivity (Wildman–Crippen MR) is 74.0 cm³/mol. The van der Waals surface area contributed by atoms with E-state index in [0.29, 0.717) is 19.3 Å². The van der Waals surface area contributed by atoms with Gasteiger partial charge in [0.05, 0.1) is 0 Å². The quantitative estimate of drug-likeness (QED) is 0.827. The summed E-state index contributed by atoms with van der Waals surface area (Å²) in [5.41, 5.74) is 1.08. The minimum Gasteiger partial charge on any atom is -0.480 e. The maximum Gasteiger partial charge on any atom is 0.329 e. The number of aliphatic carboxylic acids is 1. The molecule has 0 radical (unpaired) electrons. The highest BCUT2D eigenvalue weighted by atomic mass is 16.4. The van der Waals surface area contributed by atoms with E-state index in [2.05, 4.69) is 5.32 Å². The summed E-state index contributed by atoms with van der Waals surface area (Å²) < 4.78 is 0. The van der Waals surface area contributed by atoms with Crippen LogP contribution in [0.4, 0.5) is 0 Å². The average Bonchev–Trinajstić information content (AvgIpc) is 2.37. The first kappa shape index (κ1) is 15.2. The van der Waals surface area contributed by atoms with Crippen molar-refractivity contribution in [3.05, 3.63) is 35.4 Å². The van der Waals surface area contributed by atoms with Gasteiger partial charge in [0.25, 0.3) is 0 Å². The van der Waals surface area contributed by atoms with Crippen LogP contribution in [0.1, 0.15) is 37.8 Å². The van der Waals surface area contributed by atoms with E-state index in [4.69, 9.17) is 5.11 Å². The zero-order chi connectivity index (χ0) is 14.5. The molecule has 0 aliphatic carbocycles. The Kier molecular flexibility index (Phi) is 5.10. The standard InChI is InChI=1S/C15H21NO3/c1-4-15(3,14(18)19)16-13(17)10-9-12-7-5-11(2)6-8-12/h5-8H,4,9-10H2,1-3H3,(H,16,17)(H,18,19). The Labute approximate surface area is 113 Å². The van der Waals surface area contributed by atoms with Gasteiger partial charge in [-0.2, -0.15) is 0 Å². The van der Waals surface area contributed by atoms with Crippen LogP contribution >= 0.6 is 0 Å². The van der Waals surface area contributed by atoms with Crippen LogP contribution < -0.4 is 5.32 Å². The zero-order valence-electron chi connectivity index (χ0n) is 11.7. The molecule has 0 saturated carbocycles. The Morgan fingerprint density at radius 2 is 1.84 bits per heavy atom. The number of carboxylic acid groups (broad SMARTS) is 1. The van der Waals surface area contributed by atoms with Crippen molar-refractivity contribution in [3.8, 4) is 0 Å². The zero-order valence-corrected chi connectivity index (χ0v) is 11.7. The van der Waals surface area contributed by atoms with Crippen molar-refractivity contribution in [2.24, 2.45) is 0 Å². The van der Waals surface area contributed by atoms with Gasteiger partial charge in [-0.3, -0.25) is 4.79 Å². The molecule has 1 aromatic carbocycles. The number of aryl methyl sites for hydroxylation is 2. The van der Waals surface area contributed by atoms with Crippen LogP contribution in [-0.4, -0.2) is 22.5 Å². The summed E-state index contributed by atoms with van der Waals surface area (Å²) in [5.74, 6) is -1.23. The van der Waals surface area contributed by atoms with E-state index in [0.717, 1.165) is 5.56 Å². The molecule has 0 heterocycles. The lowest BCUT2D eigenvalue weighted by molar-refractivity contribution is -0.147. The average molecular weight is 263 g/mol. The monoisotopic (exact) mass is 263 g/mol. The van der Waals surface area contributed by atoms with E-state index in [-0.39, 0.29) is 5.91 Å². The molecule has 0 aliphatic rings. The Morgan fingerprint density at radius 1 is 1.26 bits per heavy atom. The third kappa shape index (κ3) is 4.39. The van der Waals surface area contributed by atoms with E-state index in [1.54, 1.807) is 6.92 Å². The van der Waals surface area contributed by atoms with Gasteiger partial charge in [0.2, 0.25) is 5.91 Å². The largest absolute Gasteiger partial charge is 0.480 e. The summed E-state index contributed by atoms with van der Waals surface area (Å²) in [6, 6.07) is 7.97. The molecule has 0 bridgehead atoms. The van der Waals surface area contributed by atoms with Gasteiger partial charge in [-0.1, -0.05) is 36.8 Å². The van der Waals surface area contributed by atoms with Crippen molar-refractivity contribution >= 4 is 11.9 Å². The summed E-state index contributed by atoms with van der Waals surface area (Å²) in [6.07, 6.45) is 1.27. The van der Waals surface area contributed by atoms with Gasteiger partial charge in [-0.25, -0.2) is 4.79 Å². The number of amides is 1. The second kappa shape index (κ2) is 6.36. The third-order valence-corrected chi connectivity index (χ3v) is 3.36. The molecule has 2 N–H and O–H groups in total. The van der Waals surface area contributed by atoms with Crippen molar-refractivity contribution in [1.82, 2.24) is 5.32 Å². The predicted octanol–water partition coefficient (Wildman–Crippen LogP) is 2.30. The second-order valence-electron chi connectivity index (χ2n) is 5.02. The molecule has 0 fully saturated rings. The molecule has 0 aromatic heterocycles. The normalized spacial score (nSPS) is 13.6. The fourth-order valence-electron chi connectivity index (χ4n) is 1.68. The lowest BCUT2D eigenvalue weighted by Gasteiger charge is -2.24. The molecule has 0 aliphatic heterocycles. The second-order valence-corrected chi connectivity index (χ2v) is 5.02. The molecule has 1 unspecified atom stereocenters. The van der Waals surface area contributed by atoms with Crippen LogP contribution in [-0.2, 0) is 16.0 Å². The highest BCUT2D eigenvalue weighted by Crippen LogP contribution is 2.11. The number of hydrogen-bond acceptors (Lipinski definition) is 2. The summed E-state index contributed by atoms with van der Waals surface area (Å²) in [4.78, 5) is 22.9. The van der Waals surface area contributed by atoms with Crippen molar-refractivity contribution in [2.75, 3.05) is 0 Å². The smallest absolute Gasteiger partial charge is 0.329 e. The van der Waals surface area contributed by atoms with Crippen LogP contribution in [0, 0.1) is 6.92 Å². The maximum absolute atomic E-state index is 11.8. The lowest BCUT2D eigenvalue weighted by atomic mass is 9.98. The molecule has 4 nitrogen and oxygen atoms in total. The number of hydrogen-bond donors (Lipinski definition) is 2. The van der Waals surface area contributed by atoms with E-state index in [1.165, 1.54) is 12.5 Å². The van der Waals surface area contributed by atoms with Gasteiger partial charge in [-0.15, -0.1) is 0 Å². The highest BCUT2D eigenvalue weighted by Gasteiger charge is 2.32. The molecular formula is C15H21NO3. The van der Waals surface area contributed by atoms with E-state index < -0.39 is 11.5 Å². The first-order valence-corrected chi connectivity index (χ1v) is 6.47. The number of carbonyl (C=O) groups is 2. The minimum atomic E-state index is -1.18. The first-order valence-electron chi connectivity index (χ1n) is 6.47. The summed E-state index contributed by atoms with van der Waals surface area (Å²) >= 11 is 0. The summed E-state index contributed by atoms with van der Waals surface area (Å²) in [6.45, 7) is 5.28. The van der Waals surface area contributed by atoms with Crippen LogP contribution in [0.2, 0.25) is 0 Å². The minimum absolute atomic E-state index is 0.229. The fourth-order valence-corrected chi connectivity index (χ4v) is 1.68. The van der Waals surface area contributed by atoms with E-state index in [9.17, 15) is 9.59 Å². The summed E-state index contributed by atoms with van der Waals surface area (Å²) in [7, 11) is 0. The van der Waals surface area contributed by atoms with E-state index >= 15 is 0 Å². The number of rotatable bonds is 6. The Balaban J connectivity index is 2.52. The van der Waals surface area contributed by atoms with Crippen LogP contribution in [0.5, 0.6) is 0 Å². The van der Waals surface area contributed by atoms with Crippen LogP contribution in [0.25, 0.3) is 0 Å². The first-order chi connectivity index (χ1) is 8.87. The van der Waals surface area contributed by atoms with Crippen molar-refractivity contribution in [1.29, 1.82) is 0 Å². The van der Waals surface area contributed by atoms with Gasteiger partial charge in [0.15, 0.2) is 0 Å². The van der Waals surface area contributed by atoms with Gasteiger partial charge in [-0.05, 0) is 32.3 Å². The maximum atomic E-state index is 11.8. The van der Waals surface area contributed by atoms with Gasteiger partial charge in [0, 0.05) is 6.42 Å². The topological polar surface area (TPSA) is 66.4 Å². The number of carboxylic acids is 1. The highest BCUT2D eigenvalue weighted by molar-refractivity contribution is 5.86. The molecule has 1 aromatic rings. The number of carbonyl (C=O) groups excluding carboxylic acids is 1. The fraction of sp³-hybridized carbons (Fsp3) is 0.467. The molecule has 4 heteroatoms. The molecule has 1 atom stereocenters. The Hall–Kier alpha value is -1.84. The van der Waals surface area contributed by atoms with Crippen molar-refractivity contribution < 1.29 is 14.7 Å². The summed E-state index contributed by atoms with van der Waals surface area (Å²) in [5, 5.41) is 11.7. The van der Waals surface area contributed by atoms with Crippen LogP contribution in [0.15, 0.2) is 24.3 Å². The molecule has 1 rings (SSSR count). The van der Waals surface area contributed by atoms with E-state index in [1.807, 2.05) is 31.2 Å². The van der Waals surface area contributed by atoms with Crippen LogP contribution in [0.3, 0.4) is 0 Å². The SMILES string of the molecule is CCC(C)(NC(=O)CCc1ccc(C)cc1)C(=O)O. The van der Waals surface area contributed by atoms with Gasteiger partial charge >= 0.3 is 5.97 Å². The molecule has 1 amide bonds. The molecule has 0 saturated heterocycles. The number of nitrogens with one attached hydrogen (secondary N) is 1. The van der Waals surface area contributed by atoms with Crippen molar-refractivity contribution in [3.63, 3.8) is 0 Å².